The van der Waals surface area contributed by atoms with Gasteiger partial charge in [0, 0.05) is 0 Å². The lowest BCUT2D eigenvalue weighted by Crippen LogP contribution is -2.12. The lowest BCUT2D eigenvalue weighted by Gasteiger charge is -2.08. The molecule has 0 aromatic heterocycles. The van der Waals surface area contributed by atoms with Gasteiger partial charge < -0.3 is 18.9 Å². The van der Waals surface area contributed by atoms with Crippen LogP contribution in [-0.4, -0.2) is 5.78 Å². The number of carbonyl (C=O) groups is 1. The number of Topliss-reactive ketones (excluding diaryl/α,β-unsaturated/α-hetero) is 1. The van der Waals surface area contributed by atoms with Gasteiger partial charge in [0.25, 0.3) is 5.78 Å². The maximum atomic E-state index is 13.7. The predicted octanol–water partition coefficient (Wildman–Crippen LogP) is 9.00. The van der Waals surface area contributed by atoms with Crippen molar-refractivity contribution in [2.75, 3.05) is 0 Å². The maximum Gasteiger partial charge on any atom is 0.263 e. The average molecular weight is 539 g/mol. The van der Waals surface area contributed by atoms with Crippen molar-refractivity contribution >= 4 is 17.9 Å². The minimum atomic E-state index is -0.368. The average Bonchev–Trinajstić information content (AvgIpc) is 3.12. The Kier molecular flexibility index (Phi) is 7.32. The first-order valence-corrected chi connectivity index (χ1v) is 13.2. The third-order valence-electron chi connectivity index (χ3n) is 6.30. The molecule has 0 saturated heterocycles. The molecule has 5 nitrogen and oxygen atoms in total. The van der Waals surface area contributed by atoms with Crippen LogP contribution in [0.15, 0.2) is 139 Å². The number of ketones is 1. The highest BCUT2D eigenvalue weighted by Gasteiger charge is 2.26. The fourth-order valence-electron chi connectivity index (χ4n) is 4.24. The monoisotopic (exact) mass is 538 g/mol. The van der Waals surface area contributed by atoms with Gasteiger partial charge in [-0.25, -0.2) is 0 Å². The lowest BCUT2D eigenvalue weighted by molar-refractivity contribution is -0.115. The largest absolute Gasteiger partial charge is 0.457 e. The summed E-state index contributed by atoms with van der Waals surface area (Å²) in [6.45, 7) is 1.96. The highest BCUT2D eigenvalue weighted by molar-refractivity contribution is 6.11. The Morgan fingerprint density at radius 1 is 0.512 bits per heavy atom. The molecule has 0 aliphatic carbocycles. The van der Waals surface area contributed by atoms with E-state index >= 15 is 0 Å². The van der Waals surface area contributed by atoms with E-state index < -0.39 is 0 Å². The van der Waals surface area contributed by atoms with Gasteiger partial charge in [-0.3, -0.25) is 4.79 Å². The minimum Gasteiger partial charge on any atom is -0.457 e. The number of hydrogen-bond acceptors (Lipinski definition) is 5. The Labute approximate surface area is 238 Å². The van der Waals surface area contributed by atoms with E-state index in [1.807, 2.05) is 128 Å². The van der Waals surface area contributed by atoms with Crippen molar-refractivity contribution in [3.05, 3.63) is 156 Å². The summed E-state index contributed by atoms with van der Waals surface area (Å²) in [6.07, 6.45) is 3.41. The molecule has 5 heteroatoms. The van der Waals surface area contributed by atoms with Crippen LogP contribution in [0.25, 0.3) is 12.2 Å². The summed E-state index contributed by atoms with van der Waals surface area (Å²) in [6, 6.07) is 39.6. The summed E-state index contributed by atoms with van der Waals surface area (Å²) >= 11 is 0. The number of aryl methyl sites for hydroxylation is 1. The van der Waals surface area contributed by atoms with Gasteiger partial charge >= 0.3 is 0 Å². The smallest absolute Gasteiger partial charge is 0.263 e. The van der Waals surface area contributed by atoms with Gasteiger partial charge in [0.15, 0.2) is 23.0 Å². The van der Waals surface area contributed by atoms with Gasteiger partial charge in [0.05, 0.1) is 0 Å². The normalized spacial score (nSPS) is 14.5. The Balaban J connectivity index is 1.28. The number of fused-ring (bicyclic) bond motifs is 1. The number of hydrogen-bond donors (Lipinski definition) is 0. The molecule has 0 unspecified atom stereocenters. The van der Waals surface area contributed by atoms with Crippen molar-refractivity contribution in [1.82, 2.24) is 0 Å². The summed E-state index contributed by atoms with van der Waals surface area (Å²) in [7, 11) is 0. The molecule has 41 heavy (non-hydrogen) atoms. The van der Waals surface area contributed by atoms with Gasteiger partial charge in [-0.15, -0.1) is 0 Å². The first kappa shape index (κ1) is 25.7. The van der Waals surface area contributed by atoms with Crippen molar-refractivity contribution < 1.29 is 23.7 Å². The molecule has 6 rings (SSSR count). The molecule has 1 aliphatic heterocycles. The molecule has 1 heterocycles. The first-order chi connectivity index (χ1) is 20.1. The molecule has 0 saturated carbocycles. The van der Waals surface area contributed by atoms with Crippen LogP contribution in [0.4, 0.5) is 0 Å². The molecular formula is C36H26O5. The summed E-state index contributed by atoms with van der Waals surface area (Å²) in [5.41, 5.74) is 2.56. The molecule has 0 spiro atoms. The number of carbonyl (C=O) groups excluding carboxylic acids is 1. The van der Waals surface area contributed by atoms with Crippen molar-refractivity contribution in [3.63, 3.8) is 0 Å². The summed E-state index contributed by atoms with van der Waals surface area (Å²) in [5.74, 6) is 3.76. The second-order valence-electron chi connectivity index (χ2n) is 9.47. The topological polar surface area (TPSA) is 54.0 Å². The third-order valence-corrected chi connectivity index (χ3v) is 6.30. The Hall–Kier alpha value is -5.55. The first-order valence-electron chi connectivity index (χ1n) is 13.2. The van der Waals surface area contributed by atoms with Crippen LogP contribution in [0.3, 0.4) is 0 Å². The fraction of sp³-hybridized carbons (Fsp3) is 0.0278. The van der Waals surface area contributed by atoms with Crippen LogP contribution < -0.4 is 18.9 Å². The molecule has 0 N–H and O–H groups in total. The van der Waals surface area contributed by atoms with Crippen LogP contribution >= 0.6 is 0 Å². The van der Waals surface area contributed by atoms with Crippen molar-refractivity contribution in [3.8, 4) is 34.5 Å². The Morgan fingerprint density at radius 3 is 1.44 bits per heavy atom. The second-order valence-corrected chi connectivity index (χ2v) is 9.47. The van der Waals surface area contributed by atoms with Crippen molar-refractivity contribution in [1.29, 1.82) is 0 Å². The molecule has 5 aromatic carbocycles. The van der Waals surface area contributed by atoms with Gasteiger partial charge in [0.1, 0.15) is 23.0 Å². The molecule has 0 radical (unpaired) electrons. The van der Waals surface area contributed by atoms with Gasteiger partial charge in [-0.05, 0) is 96.4 Å². The van der Waals surface area contributed by atoms with Crippen LogP contribution in [0, 0.1) is 6.92 Å². The lowest BCUT2D eigenvalue weighted by atomic mass is 10.1. The quantitative estimate of drug-likeness (QED) is 0.202. The Bertz CT molecular complexity index is 1720. The van der Waals surface area contributed by atoms with Crippen molar-refractivity contribution in [2.45, 2.75) is 6.92 Å². The molecule has 5 aromatic rings. The zero-order valence-electron chi connectivity index (χ0n) is 22.3. The second kappa shape index (κ2) is 11.7. The minimum absolute atomic E-state index is 0.152. The zero-order chi connectivity index (χ0) is 28.0. The summed E-state index contributed by atoms with van der Waals surface area (Å²) in [5, 5.41) is 0. The van der Waals surface area contributed by atoms with Crippen LogP contribution in [0.5, 0.6) is 34.5 Å². The Morgan fingerprint density at radius 2 is 0.951 bits per heavy atom. The van der Waals surface area contributed by atoms with E-state index in [0.29, 0.717) is 23.0 Å². The fourth-order valence-corrected chi connectivity index (χ4v) is 4.24. The number of para-hydroxylation sites is 2. The van der Waals surface area contributed by atoms with E-state index in [9.17, 15) is 4.79 Å². The highest BCUT2D eigenvalue weighted by Crippen LogP contribution is 2.36. The predicted molar refractivity (Wildman–Crippen MR) is 159 cm³/mol. The molecule has 0 fully saturated rings. The molecular weight excluding hydrogens is 512 g/mol. The van der Waals surface area contributed by atoms with Gasteiger partial charge in [-0.1, -0.05) is 66.7 Å². The molecule has 200 valence electrons. The number of rotatable bonds is 6. The van der Waals surface area contributed by atoms with Gasteiger partial charge in [-0.2, -0.15) is 0 Å². The molecule has 0 bridgehead atoms. The summed E-state index contributed by atoms with van der Waals surface area (Å²) < 4.78 is 24.0. The molecule has 1 aliphatic rings. The number of benzene rings is 5. The van der Waals surface area contributed by atoms with Gasteiger partial charge in [0.2, 0.25) is 0 Å². The maximum absolute atomic E-state index is 13.7. The van der Waals surface area contributed by atoms with Crippen LogP contribution in [0.1, 0.15) is 16.7 Å². The van der Waals surface area contributed by atoms with Crippen molar-refractivity contribution in [2.24, 2.45) is 0 Å². The standard InChI is InChI=1S/C36H26O5/c1-25-12-21-32-33(22-25)41-35(24-27-15-19-31(20-16-27)39-29-10-6-3-7-11-29)36(37)34(40-32)23-26-13-17-30(18-14-26)38-28-8-4-2-5-9-28/h2-24H,1H3/b34-23-,35-24-. The van der Waals surface area contributed by atoms with E-state index in [1.165, 1.54) is 0 Å². The van der Waals surface area contributed by atoms with Crippen LogP contribution in [-0.2, 0) is 4.79 Å². The SMILES string of the molecule is Cc1ccc2c(c1)O/C(=C\c1ccc(Oc3ccccc3)cc1)C(=O)/C(=C/c1ccc(Oc3ccccc3)cc1)O2. The van der Waals surface area contributed by atoms with E-state index in [1.54, 1.807) is 18.2 Å². The van der Waals surface area contributed by atoms with E-state index in [4.69, 9.17) is 18.9 Å². The summed E-state index contributed by atoms with van der Waals surface area (Å²) in [4.78, 5) is 13.7. The van der Waals surface area contributed by atoms with E-state index in [2.05, 4.69) is 0 Å². The molecule has 0 atom stereocenters. The highest BCUT2D eigenvalue weighted by atomic mass is 16.5. The molecule has 0 amide bonds. The number of ether oxygens (including phenoxy) is 4. The van der Waals surface area contributed by atoms with E-state index in [0.717, 1.165) is 28.2 Å². The third kappa shape index (κ3) is 6.37. The van der Waals surface area contributed by atoms with E-state index in [-0.39, 0.29) is 17.3 Å². The zero-order valence-corrected chi connectivity index (χ0v) is 22.3. The van der Waals surface area contributed by atoms with Crippen LogP contribution in [0.2, 0.25) is 0 Å².